The zero-order valence-corrected chi connectivity index (χ0v) is 12.1. The molecular formula is C15H24N2O. The standard InChI is InChI=1S/C15H24N2O/c1-6-14(18)12-7-9-13(10-8-12)16-11-15(2,3)17(4)5/h7-10,16H,6,11H2,1-5H3. The smallest absolute Gasteiger partial charge is 0.162 e. The summed E-state index contributed by atoms with van der Waals surface area (Å²) < 4.78 is 0. The van der Waals surface area contributed by atoms with Crippen LogP contribution in [0.3, 0.4) is 0 Å². The Morgan fingerprint density at radius 3 is 2.22 bits per heavy atom. The summed E-state index contributed by atoms with van der Waals surface area (Å²) >= 11 is 0. The molecule has 0 saturated heterocycles. The van der Waals surface area contributed by atoms with Crippen molar-refractivity contribution in [1.82, 2.24) is 4.90 Å². The summed E-state index contributed by atoms with van der Waals surface area (Å²) in [6, 6.07) is 7.71. The number of carbonyl (C=O) groups excluding carboxylic acids is 1. The average Bonchev–Trinajstić information content (AvgIpc) is 2.36. The third kappa shape index (κ3) is 3.84. The van der Waals surface area contributed by atoms with Gasteiger partial charge in [-0.15, -0.1) is 0 Å². The Hall–Kier alpha value is -1.35. The van der Waals surface area contributed by atoms with Gasteiger partial charge in [0.15, 0.2) is 5.78 Å². The fourth-order valence-corrected chi connectivity index (χ4v) is 1.45. The van der Waals surface area contributed by atoms with Crippen molar-refractivity contribution in [2.24, 2.45) is 0 Å². The van der Waals surface area contributed by atoms with E-state index < -0.39 is 0 Å². The van der Waals surface area contributed by atoms with Crippen molar-refractivity contribution in [3.63, 3.8) is 0 Å². The first-order valence-electron chi connectivity index (χ1n) is 6.41. The summed E-state index contributed by atoms with van der Waals surface area (Å²) in [7, 11) is 4.15. The lowest BCUT2D eigenvalue weighted by Crippen LogP contribution is -2.44. The molecule has 0 fully saturated rings. The highest BCUT2D eigenvalue weighted by molar-refractivity contribution is 5.96. The molecular weight excluding hydrogens is 224 g/mol. The topological polar surface area (TPSA) is 32.3 Å². The Morgan fingerprint density at radius 2 is 1.78 bits per heavy atom. The van der Waals surface area contributed by atoms with Crippen LogP contribution in [0, 0.1) is 0 Å². The highest BCUT2D eigenvalue weighted by Gasteiger charge is 2.19. The van der Waals surface area contributed by atoms with Crippen molar-refractivity contribution >= 4 is 11.5 Å². The number of Topliss-reactive ketones (excluding diaryl/α,β-unsaturated/α-hetero) is 1. The molecule has 0 heterocycles. The molecule has 0 unspecified atom stereocenters. The van der Waals surface area contributed by atoms with E-state index in [1.807, 2.05) is 31.2 Å². The Morgan fingerprint density at radius 1 is 1.22 bits per heavy atom. The molecule has 0 aliphatic rings. The molecule has 3 heteroatoms. The average molecular weight is 248 g/mol. The van der Waals surface area contributed by atoms with Crippen LogP contribution in [0.15, 0.2) is 24.3 Å². The number of rotatable bonds is 6. The first-order chi connectivity index (χ1) is 8.36. The van der Waals surface area contributed by atoms with Gasteiger partial charge in [0, 0.05) is 29.8 Å². The van der Waals surface area contributed by atoms with Crippen LogP contribution < -0.4 is 5.32 Å². The van der Waals surface area contributed by atoms with Gasteiger partial charge < -0.3 is 10.2 Å². The van der Waals surface area contributed by atoms with E-state index in [4.69, 9.17) is 0 Å². The highest BCUT2D eigenvalue weighted by Crippen LogP contribution is 2.15. The van der Waals surface area contributed by atoms with Crippen LogP contribution >= 0.6 is 0 Å². The fraction of sp³-hybridized carbons (Fsp3) is 0.533. The Labute approximate surface area is 110 Å². The maximum absolute atomic E-state index is 11.5. The number of hydrogen-bond donors (Lipinski definition) is 1. The van der Waals surface area contributed by atoms with Gasteiger partial charge in [-0.1, -0.05) is 6.92 Å². The SMILES string of the molecule is CCC(=O)c1ccc(NCC(C)(C)N(C)C)cc1. The van der Waals surface area contributed by atoms with Crippen LogP contribution in [0.2, 0.25) is 0 Å². The molecule has 0 aromatic heterocycles. The zero-order valence-electron chi connectivity index (χ0n) is 12.1. The second-order valence-electron chi connectivity index (χ2n) is 5.41. The molecule has 0 atom stereocenters. The fourth-order valence-electron chi connectivity index (χ4n) is 1.45. The van der Waals surface area contributed by atoms with Gasteiger partial charge in [-0.2, -0.15) is 0 Å². The van der Waals surface area contributed by atoms with E-state index in [-0.39, 0.29) is 11.3 Å². The molecule has 1 rings (SSSR count). The maximum atomic E-state index is 11.5. The Balaban J connectivity index is 2.62. The lowest BCUT2D eigenvalue weighted by atomic mass is 10.0. The minimum Gasteiger partial charge on any atom is -0.383 e. The second kappa shape index (κ2) is 6.01. The summed E-state index contributed by atoms with van der Waals surface area (Å²) in [5, 5.41) is 3.40. The van der Waals surface area contributed by atoms with Gasteiger partial charge in [0.1, 0.15) is 0 Å². The first kappa shape index (κ1) is 14.7. The minimum absolute atomic E-state index is 0.0951. The molecule has 1 aromatic carbocycles. The molecule has 0 spiro atoms. The molecule has 0 aliphatic carbocycles. The number of likely N-dealkylation sites (N-methyl/N-ethyl adjacent to an activating group) is 1. The Kier molecular flexibility index (Phi) is 4.91. The number of anilines is 1. The van der Waals surface area contributed by atoms with Crippen LogP contribution in [0.1, 0.15) is 37.6 Å². The van der Waals surface area contributed by atoms with Crippen molar-refractivity contribution in [3.05, 3.63) is 29.8 Å². The van der Waals surface area contributed by atoms with Gasteiger partial charge >= 0.3 is 0 Å². The minimum atomic E-state index is 0.0951. The third-order valence-corrected chi connectivity index (χ3v) is 3.46. The number of benzene rings is 1. The third-order valence-electron chi connectivity index (χ3n) is 3.46. The normalized spacial score (nSPS) is 11.7. The van der Waals surface area contributed by atoms with Crippen molar-refractivity contribution in [2.45, 2.75) is 32.7 Å². The highest BCUT2D eigenvalue weighted by atomic mass is 16.1. The molecule has 0 radical (unpaired) electrons. The molecule has 0 bridgehead atoms. The van der Waals surface area contributed by atoms with E-state index in [1.165, 1.54) is 0 Å². The van der Waals surface area contributed by atoms with Crippen LogP contribution in [-0.2, 0) is 0 Å². The van der Waals surface area contributed by atoms with Crippen molar-refractivity contribution in [1.29, 1.82) is 0 Å². The van der Waals surface area contributed by atoms with Crippen LogP contribution in [0.5, 0.6) is 0 Å². The van der Waals surface area contributed by atoms with Crippen LogP contribution in [-0.4, -0.2) is 36.9 Å². The van der Waals surface area contributed by atoms with E-state index in [1.54, 1.807) is 0 Å². The van der Waals surface area contributed by atoms with Crippen LogP contribution in [0.25, 0.3) is 0 Å². The van der Waals surface area contributed by atoms with Gasteiger partial charge in [-0.3, -0.25) is 4.79 Å². The molecule has 18 heavy (non-hydrogen) atoms. The lowest BCUT2D eigenvalue weighted by molar-refractivity contribution is 0.0988. The summed E-state index contributed by atoms with van der Waals surface area (Å²) in [5.74, 6) is 0.190. The van der Waals surface area contributed by atoms with Crippen molar-refractivity contribution in [2.75, 3.05) is 26.0 Å². The molecule has 0 aliphatic heterocycles. The van der Waals surface area contributed by atoms with Gasteiger partial charge in [-0.05, 0) is 52.2 Å². The van der Waals surface area contributed by atoms with Gasteiger partial charge in [0.25, 0.3) is 0 Å². The quantitative estimate of drug-likeness (QED) is 0.785. The summed E-state index contributed by atoms with van der Waals surface area (Å²) in [6.45, 7) is 7.12. The summed E-state index contributed by atoms with van der Waals surface area (Å²) in [5.41, 5.74) is 1.94. The summed E-state index contributed by atoms with van der Waals surface area (Å²) in [6.07, 6.45) is 0.556. The summed E-state index contributed by atoms with van der Waals surface area (Å²) in [4.78, 5) is 13.7. The monoisotopic (exact) mass is 248 g/mol. The maximum Gasteiger partial charge on any atom is 0.162 e. The van der Waals surface area contributed by atoms with E-state index in [9.17, 15) is 4.79 Å². The molecule has 1 N–H and O–H groups in total. The van der Waals surface area contributed by atoms with Crippen molar-refractivity contribution in [3.8, 4) is 0 Å². The van der Waals surface area contributed by atoms with Gasteiger partial charge in [-0.25, -0.2) is 0 Å². The van der Waals surface area contributed by atoms with E-state index in [0.29, 0.717) is 6.42 Å². The second-order valence-corrected chi connectivity index (χ2v) is 5.41. The molecule has 0 saturated carbocycles. The Bertz CT molecular complexity index is 393. The van der Waals surface area contributed by atoms with Gasteiger partial charge in [0.05, 0.1) is 0 Å². The molecule has 1 aromatic rings. The first-order valence-corrected chi connectivity index (χ1v) is 6.41. The number of ketones is 1. The largest absolute Gasteiger partial charge is 0.383 e. The predicted octanol–water partition coefficient (Wildman–Crippen LogP) is 3.03. The van der Waals surface area contributed by atoms with Crippen LogP contribution in [0.4, 0.5) is 5.69 Å². The molecule has 3 nitrogen and oxygen atoms in total. The molecule has 100 valence electrons. The molecule has 0 amide bonds. The van der Waals surface area contributed by atoms with E-state index in [2.05, 4.69) is 38.2 Å². The predicted molar refractivity (Wildman–Crippen MR) is 77.3 cm³/mol. The number of nitrogens with zero attached hydrogens (tertiary/aromatic N) is 1. The lowest BCUT2D eigenvalue weighted by Gasteiger charge is -2.33. The number of carbonyl (C=O) groups is 1. The number of hydrogen-bond acceptors (Lipinski definition) is 3. The van der Waals surface area contributed by atoms with Crippen molar-refractivity contribution < 1.29 is 4.79 Å². The van der Waals surface area contributed by atoms with Gasteiger partial charge in [0.2, 0.25) is 0 Å². The zero-order chi connectivity index (χ0) is 13.8. The number of nitrogens with one attached hydrogen (secondary N) is 1. The van der Waals surface area contributed by atoms with E-state index in [0.717, 1.165) is 17.8 Å². The van der Waals surface area contributed by atoms with E-state index >= 15 is 0 Å².